The van der Waals surface area contributed by atoms with Crippen LogP contribution in [0.25, 0.3) is 16.9 Å². The summed E-state index contributed by atoms with van der Waals surface area (Å²) < 4.78 is 2.76. The van der Waals surface area contributed by atoms with Gasteiger partial charge in [0.1, 0.15) is 11.4 Å². The van der Waals surface area contributed by atoms with E-state index in [2.05, 4.69) is 15.9 Å². The van der Waals surface area contributed by atoms with E-state index < -0.39 is 0 Å². The molecule has 2 aromatic heterocycles. The third-order valence-corrected chi connectivity index (χ3v) is 4.69. The molecule has 0 N–H and O–H groups in total. The Morgan fingerprint density at radius 1 is 1.00 bits per heavy atom. The Morgan fingerprint density at radius 2 is 1.64 bits per heavy atom. The summed E-state index contributed by atoms with van der Waals surface area (Å²) in [5, 5.41) is 0. The number of fused-ring (bicyclic) bond motifs is 1. The molecule has 3 nitrogen and oxygen atoms in total. The molecular weight excluding hydrogens is 376 g/mol. The van der Waals surface area contributed by atoms with Crippen LogP contribution in [0.4, 0.5) is 0 Å². The predicted molar refractivity (Wildman–Crippen MR) is 103 cm³/mol. The first-order valence-electron chi connectivity index (χ1n) is 7.98. The van der Waals surface area contributed by atoms with Gasteiger partial charge in [0.15, 0.2) is 5.65 Å². The van der Waals surface area contributed by atoms with E-state index in [1.54, 1.807) is 0 Å². The highest BCUT2D eigenvalue weighted by atomic mass is 79.9. The van der Waals surface area contributed by atoms with Gasteiger partial charge in [-0.3, -0.25) is 9.20 Å². The fourth-order valence-corrected chi connectivity index (χ4v) is 3.61. The van der Waals surface area contributed by atoms with Gasteiger partial charge in [-0.05, 0) is 34.5 Å². The van der Waals surface area contributed by atoms with Gasteiger partial charge in [0.05, 0.1) is 4.47 Å². The Bertz CT molecular complexity index is 1070. The number of hydrogen-bond donors (Lipinski definition) is 0. The number of rotatable bonds is 3. The van der Waals surface area contributed by atoms with Crippen molar-refractivity contribution >= 4 is 27.4 Å². The third-order valence-electron chi connectivity index (χ3n) is 4.11. The molecule has 0 amide bonds. The van der Waals surface area contributed by atoms with Crippen molar-refractivity contribution in [1.29, 1.82) is 0 Å². The van der Waals surface area contributed by atoms with Crippen molar-refractivity contribution in [3.05, 3.63) is 94.2 Å². The summed E-state index contributed by atoms with van der Waals surface area (Å²) in [6.45, 7) is 2.00. The molecule has 0 bridgehead atoms. The van der Waals surface area contributed by atoms with E-state index >= 15 is 0 Å². The fourth-order valence-electron chi connectivity index (χ4n) is 2.97. The largest absolute Gasteiger partial charge is 0.295 e. The highest BCUT2D eigenvalue weighted by molar-refractivity contribution is 9.10. The molecular formula is C21H15BrN2O. The Hall–Kier alpha value is -2.72. The van der Waals surface area contributed by atoms with Gasteiger partial charge >= 0.3 is 0 Å². The highest BCUT2D eigenvalue weighted by Crippen LogP contribution is 2.30. The zero-order chi connectivity index (χ0) is 17.4. The standard InChI is InChI=1S/C21H15BrN2O/c1-14-12-17(22)21-23-18(15-8-4-2-5-9-15)19(24(21)13-14)20(25)16-10-6-3-7-11-16/h2-13H,1H3. The fraction of sp³-hybridized carbons (Fsp3) is 0.0476. The number of halogens is 1. The van der Waals surface area contributed by atoms with Gasteiger partial charge in [0.25, 0.3) is 0 Å². The molecule has 0 saturated carbocycles. The smallest absolute Gasteiger partial charge is 0.212 e. The maximum absolute atomic E-state index is 13.3. The lowest BCUT2D eigenvalue weighted by molar-refractivity contribution is 0.103. The van der Waals surface area contributed by atoms with Crippen LogP contribution in [-0.4, -0.2) is 15.2 Å². The predicted octanol–water partition coefficient (Wildman–Crippen LogP) is 5.30. The molecule has 4 heteroatoms. The van der Waals surface area contributed by atoms with Gasteiger partial charge in [-0.1, -0.05) is 60.7 Å². The molecule has 0 aliphatic heterocycles. The van der Waals surface area contributed by atoms with E-state index in [-0.39, 0.29) is 5.78 Å². The normalized spacial score (nSPS) is 11.0. The summed E-state index contributed by atoms with van der Waals surface area (Å²) in [4.78, 5) is 18.0. The lowest BCUT2D eigenvalue weighted by Gasteiger charge is -2.06. The third kappa shape index (κ3) is 2.79. The maximum atomic E-state index is 13.3. The van der Waals surface area contributed by atoms with Crippen LogP contribution < -0.4 is 0 Å². The van der Waals surface area contributed by atoms with Gasteiger partial charge < -0.3 is 0 Å². The summed E-state index contributed by atoms with van der Waals surface area (Å²) in [6, 6.07) is 21.2. The molecule has 122 valence electrons. The Morgan fingerprint density at radius 3 is 2.32 bits per heavy atom. The number of ketones is 1. The number of hydrogen-bond acceptors (Lipinski definition) is 2. The average molecular weight is 391 g/mol. The van der Waals surface area contributed by atoms with Crippen molar-refractivity contribution in [2.75, 3.05) is 0 Å². The number of carbonyl (C=O) groups is 1. The molecule has 0 fully saturated rings. The molecule has 0 atom stereocenters. The number of imidazole rings is 1. The van der Waals surface area contributed by atoms with Gasteiger partial charge in [-0.15, -0.1) is 0 Å². The van der Waals surface area contributed by atoms with E-state index in [1.807, 2.05) is 84.3 Å². The van der Waals surface area contributed by atoms with Crippen molar-refractivity contribution in [1.82, 2.24) is 9.38 Å². The molecule has 0 unspecified atom stereocenters. The first-order valence-corrected chi connectivity index (χ1v) is 8.78. The zero-order valence-corrected chi connectivity index (χ0v) is 15.2. The molecule has 0 aliphatic carbocycles. The van der Waals surface area contributed by atoms with Crippen molar-refractivity contribution in [3.63, 3.8) is 0 Å². The molecule has 4 aromatic rings. The van der Waals surface area contributed by atoms with Crippen LogP contribution in [0.1, 0.15) is 21.6 Å². The van der Waals surface area contributed by atoms with Crippen LogP contribution in [0.2, 0.25) is 0 Å². The molecule has 0 spiro atoms. The molecule has 0 aliphatic rings. The highest BCUT2D eigenvalue weighted by Gasteiger charge is 2.22. The van der Waals surface area contributed by atoms with Gasteiger partial charge in [0.2, 0.25) is 5.78 Å². The lowest BCUT2D eigenvalue weighted by Crippen LogP contribution is -2.07. The van der Waals surface area contributed by atoms with Crippen LogP contribution in [0.15, 0.2) is 77.4 Å². The van der Waals surface area contributed by atoms with E-state index in [9.17, 15) is 4.79 Å². The number of aromatic nitrogens is 2. The average Bonchev–Trinajstić information content (AvgIpc) is 3.02. The summed E-state index contributed by atoms with van der Waals surface area (Å²) >= 11 is 3.58. The minimum absolute atomic E-state index is 0.0375. The molecule has 0 saturated heterocycles. The number of benzene rings is 2. The SMILES string of the molecule is Cc1cc(Br)c2nc(-c3ccccc3)c(C(=O)c3ccccc3)n2c1. The van der Waals surface area contributed by atoms with Crippen molar-refractivity contribution < 1.29 is 4.79 Å². The zero-order valence-electron chi connectivity index (χ0n) is 13.6. The second kappa shape index (κ2) is 6.30. The Balaban J connectivity index is 2.05. The van der Waals surface area contributed by atoms with E-state index in [0.29, 0.717) is 17.0 Å². The van der Waals surface area contributed by atoms with Crippen molar-refractivity contribution in [2.45, 2.75) is 6.92 Å². The number of pyridine rings is 1. The van der Waals surface area contributed by atoms with E-state index in [0.717, 1.165) is 21.2 Å². The second-order valence-electron chi connectivity index (χ2n) is 5.93. The Labute approximate surface area is 154 Å². The van der Waals surface area contributed by atoms with Gasteiger partial charge in [0, 0.05) is 17.3 Å². The van der Waals surface area contributed by atoms with Crippen LogP contribution in [0.5, 0.6) is 0 Å². The first-order chi connectivity index (χ1) is 12.1. The van der Waals surface area contributed by atoms with Gasteiger partial charge in [-0.2, -0.15) is 0 Å². The van der Waals surface area contributed by atoms with Crippen LogP contribution in [0, 0.1) is 6.92 Å². The van der Waals surface area contributed by atoms with Crippen molar-refractivity contribution in [3.8, 4) is 11.3 Å². The van der Waals surface area contributed by atoms with Crippen molar-refractivity contribution in [2.24, 2.45) is 0 Å². The summed E-state index contributed by atoms with van der Waals surface area (Å²) in [7, 11) is 0. The molecule has 4 rings (SSSR count). The minimum Gasteiger partial charge on any atom is -0.295 e. The summed E-state index contributed by atoms with van der Waals surface area (Å²) in [5.74, 6) is -0.0375. The summed E-state index contributed by atoms with van der Waals surface area (Å²) in [5.41, 5.74) is 4.65. The monoisotopic (exact) mass is 390 g/mol. The minimum atomic E-state index is -0.0375. The van der Waals surface area contributed by atoms with E-state index in [1.165, 1.54) is 0 Å². The van der Waals surface area contributed by atoms with Crippen LogP contribution >= 0.6 is 15.9 Å². The Kier molecular flexibility index (Phi) is 3.98. The first kappa shape index (κ1) is 15.8. The maximum Gasteiger partial charge on any atom is 0.212 e. The van der Waals surface area contributed by atoms with Crippen LogP contribution in [0.3, 0.4) is 0 Å². The summed E-state index contributed by atoms with van der Waals surface area (Å²) in [6.07, 6.45) is 1.95. The van der Waals surface area contributed by atoms with Crippen LogP contribution in [-0.2, 0) is 0 Å². The van der Waals surface area contributed by atoms with E-state index in [4.69, 9.17) is 4.98 Å². The molecule has 25 heavy (non-hydrogen) atoms. The second-order valence-corrected chi connectivity index (χ2v) is 6.78. The lowest BCUT2D eigenvalue weighted by atomic mass is 10.0. The molecule has 0 radical (unpaired) electrons. The number of nitrogens with zero attached hydrogens (tertiary/aromatic N) is 2. The molecule has 2 heterocycles. The quantitative estimate of drug-likeness (QED) is 0.444. The van der Waals surface area contributed by atoms with Gasteiger partial charge in [-0.25, -0.2) is 4.98 Å². The molecule has 2 aromatic carbocycles. The topological polar surface area (TPSA) is 34.4 Å². The number of carbonyl (C=O) groups excluding carboxylic acids is 1. The number of aryl methyl sites for hydroxylation is 1.